The second-order valence-corrected chi connectivity index (χ2v) is 11.2. The van der Waals surface area contributed by atoms with Gasteiger partial charge in [0.1, 0.15) is 28.9 Å². The van der Waals surface area contributed by atoms with E-state index < -0.39 is 76.4 Å². The number of aromatic hydroxyl groups is 1. The van der Waals surface area contributed by atoms with Gasteiger partial charge >= 0.3 is 5.97 Å². The third-order valence-corrected chi connectivity index (χ3v) is 9.08. The molecule has 0 bridgehead atoms. The van der Waals surface area contributed by atoms with Gasteiger partial charge in [-0.15, -0.1) is 11.8 Å². The molecule has 38 heavy (non-hydrogen) atoms. The number of carbonyl (C=O) groups excluding carboxylic acids is 4. The van der Waals surface area contributed by atoms with E-state index in [0.29, 0.717) is 12.1 Å². The first-order valence-corrected chi connectivity index (χ1v) is 13.4. The fourth-order valence-electron chi connectivity index (χ4n) is 6.17. The van der Waals surface area contributed by atoms with E-state index in [2.05, 4.69) is 4.90 Å². The third kappa shape index (κ3) is 3.81. The molecule has 1 saturated heterocycles. The summed E-state index contributed by atoms with van der Waals surface area (Å²) in [5.41, 5.74) is 1.57. The summed E-state index contributed by atoms with van der Waals surface area (Å²) in [6.07, 6.45) is -1.93. The van der Waals surface area contributed by atoms with Crippen molar-refractivity contribution < 1.29 is 44.3 Å². The minimum Gasteiger partial charge on any atom is -0.508 e. The highest BCUT2D eigenvalue weighted by atomic mass is 32.2. The number of benzene rings is 1. The number of nitrogens with two attached hydrogens (primary N) is 1. The molecule has 0 radical (unpaired) electrons. The molecule has 12 heteroatoms. The van der Waals surface area contributed by atoms with Gasteiger partial charge in [-0.3, -0.25) is 24.1 Å². The predicted octanol–water partition coefficient (Wildman–Crippen LogP) is 0.903. The molecule has 1 aromatic carbocycles. The summed E-state index contributed by atoms with van der Waals surface area (Å²) in [4.78, 5) is 53.8. The van der Waals surface area contributed by atoms with Crippen LogP contribution in [0.1, 0.15) is 36.8 Å². The average Bonchev–Trinajstić information content (AvgIpc) is 3.38. The first kappa shape index (κ1) is 26.3. The Bertz CT molecular complexity index is 1320. The van der Waals surface area contributed by atoms with Crippen LogP contribution in [-0.2, 0) is 23.9 Å². The van der Waals surface area contributed by atoms with E-state index in [9.17, 15) is 39.6 Å². The maximum Gasteiger partial charge on any atom is 0.307 e. The van der Waals surface area contributed by atoms with Crippen molar-refractivity contribution in [2.45, 2.75) is 37.4 Å². The van der Waals surface area contributed by atoms with Crippen LogP contribution in [0.3, 0.4) is 0 Å². The smallest absolute Gasteiger partial charge is 0.307 e. The minimum atomic E-state index is -2.86. The Kier molecular flexibility index (Phi) is 6.52. The minimum absolute atomic E-state index is 0.00195. The van der Waals surface area contributed by atoms with E-state index in [1.807, 2.05) is 0 Å². The van der Waals surface area contributed by atoms with Crippen molar-refractivity contribution in [3.63, 3.8) is 0 Å². The number of primary amides is 1. The van der Waals surface area contributed by atoms with Gasteiger partial charge in [0.05, 0.1) is 12.0 Å². The van der Waals surface area contributed by atoms with Crippen LogP contribution >= 0.6 is 11.8 Å². The maximum absolute atomic E-state index is 13.9. The highest BCUT2D eigenvalue weighted by Crippen LogP contribution is 2.56. The Morgan fingerprint density at radius 2 is 1.97 bits per heavy atom. The fourth-order valence-corrected chi connectivity index (χ4v) is 7.20. The quantitative estimate of drug-likeness (QED) is 0.262. The van der Waals surface area contributed by atoms with Crippen LogP contribution in [0.25, 0.3) is 5.76 Å². The van der Waals surface area contributed by atoms with E-state index in [1.165, 1.54) is 6.07 Å². The van der Waals surface area contributed by atoms with Gasteiger partial charge in [0.15, 0.2) is 11.4 Å². The standard InChI is InChI=1S/C26H28N2O9S/c1-11-12-3-2-4-14(29)18(12)21(32)20-17(11)22(37-16(31)5-6-28-7-8-38-10-28)13-9-15(30)19(25(27)35)23(33)26(13,36)24(20)34/h2-4,11,13,17,22,29,32-33,36H,5-10H2,1H3,(H2,27,35)/t11-,13+,17+,22+,26+/m0/s1. The largest absolute Gasteiger partial charge is 0.508 e. The van der Waals surface area contributed by atoms with E-state index in [-0.39, 0.29) is 23.3 Å². The molecule has 0 unspecified atom stereocenters. The molecule has 3 aliphatic carbocycles. The van der Waals surface area contributed by atoms with Crippen LogP contribution in [0, 0.1) is 11.8 Å². The molecule has 11 nitrogen and oxygen atoms in total. The topological polar surface area (TPSA) is 188 Å². The number of hydrogen-bond acceptors (Lipinski definition) is 11. The van der Waals surface area contributed by atoms with Crippen molar-refractivity contribution in [2.24, 2.45) is 17.6 Å². The summed E-state index contributed by atoms with van der Waals surface area (Å²) in [6, 6.07) is 4.54. The van der Waals surface area contributed by atoms with Crippen LogP contribution < -0.4 is 5.73 Å². The molecule has 1 saturated carbocycles. The Balaban J connectivity index is 1.64. The molecular weight excluding hydrogens is 516 g/mol. The Labute approximate surface area is 221 Å². The number of ketones is 2. The van der Waals surface area contributed by atoms with Gasteiger partial charge < -0.3 is 30.9 Å². The summed E-state index contributed by atoms with van der Waals surface area (Å²) in [5, 5.41) is 44.3. The molecule has 1 aliphatic heterocycles. The van der Waals surface area contributed by atoms with Crippen LogP contribution in [-0.4, -0.2) is 85.2 Å². The van der Waals surface area contributed by atoms with Gasteiger partial charge in [0.2, 0.25) is 5.78 Å². The first-order valence-electron chi connectivity index (χ1n) is 12.3. The summed E-state index contributed by atoms with van der Waals surface area (Å²) < 4.78 is 5.87. The number of phenols is 1. The number of fused-ring (bicyclic) bond motifs is 3. The number of esters is 1. The molecule has 0 aromatic heterocycles. The second-order valence-electron chi connectivity index (χ2n) is 10.1. The number of aliphatic hydroxyl groups excluding tert-OH is 2. The van der Waals surface area contributed by atoms with Crippen LogP contribution in [0.2, 0.25) is 0 Å². The Morgan fingerprint density at radius 3 is 2.63 bits per heavy atom. The van der Waals surface area contributed by atoms with Gasteiger partial charge in [-0.2, -0.15) is 0 Å². The lowest BCUT2D eigenvalue weighted by atomic mass is 9.55. The zero-order chi connectivity index (χ0) is 27.5. The van der Waals surface area contributed by atoms with Crippen molar-refractivity contribution in [3.05, 3.63) is 46.2 Å². The zero-order valence-corrected chi connectivity index (χ0v) is 21.4. The molecule has 1 heterocycles. The molecular formula is C26H28N2O9S. The number of thioether (sulfide) groups is 1. The molecule has 1 aromatic rings. The van der Waals surface area contributed by atoms with E-state index in [4.69, 9.17) is 10.5 Å². The molecule has 6 N–H and O–H groups in total. The molecule has 1 amide bonds. The number of nitrogens with zero attached hydrogens (tertiary/aromatic N) is 1. The molecule has 2 fully saturated rings. The average molecular weight is 545 g/mol. The maximum atomic E-state index is 13.9. The monoisotopic (exact) mass is 544 g/mol. The number of aliphatic hydroxyl groups is 3. The van der Waals surface area contributed by atoms with Gasteiger partial charge in [0, 0.05) is 48.5 Å². The molecule has 4 aliphatic rings. The number of amides is 1. The predicted molar refractivity (Wildman–Crippen MR) is 135 cm³/mol. The van der Waals surface area contributed by atoms with Gasteiger partial charge in [-0.05, 0) is 17.5 Å². The summed E-state index contributed by atoms with van der Waals surface area (Å²) in [5.74, 6) is -7.56. The van der Waals surface area contributed by atoms with Crippen molar-refractivity contribution >= 4 is 41.0 Å². The zero-order valence-electron chi connectivity index (χ0n) is 20.5. The number of carbonyl (C=O) groups is 4. The van der Waals surface area contributed by atoms with Crippen LogP contribution in [0.4, 0.5) is 0 Å². The van der Waals surface area contributed by atoms with E-state index in [1.54, 1.807) is 30.8 Å². The molecule has 202 valence electrons. The van der Waals surface area contributed by atoms with Crippen molar-refractivity contribution in [3.8, 4) is 5.75 Å². The SMILES string of the molecule is C[C@H]1c2cccc(O)c2C(O)=C2C(=O)[C@]3(O)C(O)=C(C(N)=O)C(=O)C[C@@H]3[C@@H](OC(=O)CCN3CCSC3)[C@@H]21. The first-order chi connectivity index (χ1) is 18.0. The van der Waals surface area contributed by atoms with Crippen molar-refractivity contribution in [1.82, 2.24) is 4.90 Å². The molecule has 5 rings (SSSR count). The number of Topliss-reactive ketones (excluding diaryl/α,β-unsaturated/α-hetero) is 2. The lowest BCUT2D eigenvalue weighted by Crippen LogP contribution is -2.64. The van der Waals surface area contributed by atoms with Gasteiger partial charge in [0.25, 0.3) is 5.91 Å². The third-order valence-electron chi connectivity index (χ3n) is 8.06. The van der Waals surface area contributed by atoms with Crippen molar-refractivity contribution in [1.29, 1.82) is 0 Å². The number of phenolic OH excluding ortho intramolecular Hbond substituents is 1. The lowest BCUT2D eigenvalue weighted by Gasteiger charge is -2.51. The van der Waals surface area contributed by atoms with Crippen LogP contribution in [0.15, 0.2) is 35.1 Å². The van der Waals surface area contributed by atoms with Crippen molar-refractivity contribution in [2.75, 3.05) is 24.7 Å². The lowest BCUT2D eigenvalue weighted by molar-refractivity contribution is -0.178. The summed E-state index contributed by atoms with van der Waals surface area (Å²) in [7, 11) is 0. The van der Waals surface area contributed by atoms with Crippen LogP contribution in [0.5, 0.6) is 5.75 Å². The molecule has 0 spiro atoms. The summed E-state index contributed by atoms with van der Waals surface area (Å²) >= 11 is 1.74. The second kappa shape index (κ2) is 9.44. The molecule has 5 atom stereocenters. The number of rotatable bonds is 5. The number of ether oxygens (including phenoxy) is 1. The van der Waals surface area contributed by atoms with E-state index in [0.717, 1.165) is 18.2 Å². The van der Waals surface area contributed by atoms with Gasteiger partial charge in [-0.25, -0.2) is 0 Å². The Hall–Kier alpha value is -3.35. The summed E-state index contributed by atoms with van der Waals surface area (Å²) in [6.45, 7) is 2.96. The highest BCUT2D eigenvalue weighted by molar-refractivity contribution is 7.99. The van der Waals surface area contributed by atoms with Gasteiger partial charge in [-0.1, -0.05) is 19.1 Å². The van der Waals surface area contributed by atoms with E-state index >= 15 is 0 Å². The normalized spacial score (nSPS) is 31.1. The highest BCUT2D eigenvalue weighted by Gasteiger charge is 2.66. The Morgan fingerprint density at radius 1 is 1.24 bits per heavy atom. The fraction of sp³-hybridized carbons (Fsp3) is 0.462. The number of hydrogen-bond donors (Lipinski definition) is 5.